The summed E-state index contributed by atoms with van der Waals surface area (Å²) in [4.78, 5) is 4.53. The van der Waals surface area contributed by atoms with Crippen molar-refractivity contribution in [1.82, 2.24) is 9.55 Å². The molecule has 1 fully saturated rings. The SMILES string of the molecule is COc1cc(-c2nccn2C2CCC(O)CC2)cc2c1OCO2. The third-order valence-electron chi connectivity index (χ3n) is 4.64. The van der Waals surface area contributed by atoms with Gasteiger partial charge in [-0.2, -0.15) is 0 Å². The highest BCUT2D eigenvalue weighted by Gasteiger charge is 2.25. The summed E-state index contributed by atoms with van der Waals surface area (Å²) in [6, 6.07) is 4.25. The molecule has 0 unspecified atom stereocenters. The zero-order valence-electron chi connectivity index (χ0n) is 13.1. The Morgan fingerprint density at radius 1 is 1.22 bits per heavy atom. The van der Waals surface area contributed by atoms with E-state index in [1.807, 2.05) is 24.5 Å². The number of fused-ring (bicyclic) bond motifs is 1. The number of aliphatic hydroxyl groups excluding tert-OH is 1. The van der Waals surface area contributed by atoms with Crippen molar-refractivity contribution in [2.24, 2.45) is 0 Å². The van der Waals surface area contributed by atoms with Crippen LogP contribution in [0.3, 0.4) is 0 Å². The van der Waals surface area contributed by atoms with Gasteiger partial charge in [-0.3, -0.25) is 0 Å². The average Bonchev–Trinajstić information content (AvgIpc) is 3.23. The number of hydrogen-bond acceptors (Lipinski definition) is 5. The van der Waals surface area contributed by atoms with E-state index in [9.17, 15) is 5.11 Å². The second-order valence-electron chi connectivity index (χ2n) is 6.03. The van der Waals surface area contributed by atoms with Crippen LogP contribution in [0.15, 0.2) is 24.5 Å². The quantitative estimate of drug-likeness (QED) is 0.943. The monoisotopic (exact) mass is 316 g/mol. The van der Waals surface area contributed by atoms with Crippen molar-refractivity contribution in [2.45, 2.75) is 37.8 Å². The van der Waals surface area contributed by atoms with Crippen LogP contribution in [0.2, 0.25) is 0 Å². The van der Waals surface area contributed by atoms with Crippen molar-refractivity contribution in [1.29, 1.82) is 0 Å². The predicted octanol–water partition coefficient (Wildman–Crippen LogP) is 2.76. The first-order valence-electron chi connectivity index (χ1n) is 7.95. The average molecular weight is 316 g/mol. The van der Waals surface area contributed by atoms with Gasteiger partial charge in [0.2, 0.25) is 12.5 Å². The maximum Gasteiger partial charge on any atom is 0.231 e. The van der Waals surface area contributed by atoms with Crippen LogP contribution >= 0.6 is 0 Å². The number of imidazole rings is 1. The molecule has 0 radical (unpaired) electrons. The fraction of sp³-hybridized carbons (Fsp3) is 0.471. The third-order valence-corrected chi connectivity index (χ3v) is 4.64. The van der Waals surface area contributed by atoms with Gasteiger partial charge in [-0.15, -0.1) is 0 Å². The minimum Gasteiger partial charge on any atom is -0.493 e. The number of rotatable bonds is 3. The van der Waals surface area contributed by atoms with Crippen molar-refractivity contribution >= 4 is 0 Å². The van der Waals surface area contributed by atoms with Gasteiger partial charge < -0.3 is 23.9 Å². The van der Waals surface area contributed by atoms with Gasteiger partial charge in [-0.05, 0) is 37.8 Å². The molecule has 1 aliphatic heterocycles. The molecule has 0 atom stereocenters. The second-order valence-corrected chi connectivity index (χ2v) is 6.03. The van der Waals surface area contributed by atoms with Crippen LogP contribution in [0, 0.1) is 0 Å². The summed E-state index contributed by atoms with van der Waals surface area (Å²) in [6.45, 7) is 0.212. The first-order chi connectivity index (χ1) is 11.3. The number of nitrogens with zero attached hydrogens (tertiary/aromatic N) is 2. The first kappa shape index (κ1) is 14.4. The molecular weight excluding hydrogens is 296 g/mol. The summed E-state index contributed by atoms with van der Waals surface area (Å²) in [5.41, 5.74) is 0.947. The van der Waals surface area contributed by atoms with Crippen LogP contribution in [0.5, 0.6) is 17.2 Å². The molecule has 0 spiro atoms. The van der Waals surface area contributed by atoms with Gasteiger partial charge in [-0.25, -0.2) is 4.98 Å². The lowest BCUT2D eigenvalue weighted by Crippen LogP contribution is -2.21. The first-order valence-corrected chi connectivity index (χ1v) is 7.95. The Balaban J connectivity index is 1.71. The summed E-state index contributed by atoms with van der Waals surface area (Å²) >= 11 is 0. The van der Waals surface area contributed by atoms with Gasteiger partial charge in [0.1, 0.15) is 5.82 Å². The van der Waals surface area contributed by atoms with Crippen LogP contribution in [0.1, 0.15) is 31.7 Å². The minimum absolute atomic E-state index is 0.163. The largest absolute Gasteiger partial charge is 0.493 e. The Bertz CT molecular complexity index is 705. The maximum atomic E-state index is 9.71. The van der Waals surface area contributed by atoms with Gasteiger partial charge >= 0.3 is 0 Å². The zero-order chi connectivity index (χ0) is 15.8. The molecule has 0 bridgehead atoms. The van der Waals surface area contributed by atoms with Crippen LogP contribution in [0.25, 0.3) is 11.4 Å². The Kier molecular flexibility index (Phi) is 3.61. The van der Waals surface area contributed by atoms with E-state index >= 15 is 0 Å². The van der Waals surface area contributed by atoms with Gasteiger partial charge in [0.25, 0.3) is 0 Å². The van der Waals surface area contributed by atoms with E-state index in [4.69, 9.17) is 14.2 Å². The van der Waals surface area contributed by atoms with E-state index in [0.29, 0.717) is 23.3 Å². The Morgan fingerprint density at radius 3 is 2.83 bits per heavy atom. The van der Waals surface area contributed by atoms with E-state index in [1.54, 1.807) is 7.11 Å². The van der Waals surface area contributed by atoms with Crippen molar-refractivity contribution in [2.75, 3.05) is 13.9 Å². The molecule has 23 heavy (non-hydrogen) atoms. The smallest absolute Gasteiger partial charge is 0.231 e. The molecule has 4 rings (SSSR count). The molecule has 1 saturated carbocycles. The Morgan fingerprint density at radius 2 is 2.04 bits per heavy atom. The molecule has 6 heteroatoms. The molecule has 1 aromatic heterocycles. The molecule has 0 amide bonds. The molecule has 1 aromatic carbocycles. The Labute approximate surface area is 134 Å². The lowest BCUT2D eigenvalue weighted by atomic mass is 9.93. The van der Waals surface area contributed by atoms with E-state index in [-0.39, 0.29) is 12.9 Å². The summed E-state index contributed by atoms with van der Waals surface area (Å²) in [5, 5.41) is 9.71. The standard InChI is InChI=1S/C17H20N2O4/c1-21-14-8-11(9-15-16(14)23-10-22-15)17-18-6-7-19(17)12-2-4-13(20)5-3-12/h6-9,12-13,20H,2-5,10H2,1H3. The molecule has 2 aromatic rings. The van der Waals surface area contributed by atoms with Gasteiger partial charge in [0.15, 0.2) is 11.5 Å². The molecular formula is C17H20N2O4. The highest BCUT2D eigenvalue weighted by molar-refractivity contribution is 5.67. The molecule has 2 heterocycles. The summed E-state index contributed by atoms with van der Waals surface area (Å²) < 4.78 is 18.6. The number of hydrogen-bond donors (Lipinski definition) is 1. The second kappa shape index (κ2) is 5.77. The van der Waals surface area contributed by atoms with Crippen LogP contribution in [-0.2, 0) is 0 Å². The van der Waals surface area contributed by atoms with Crippen molar-refractivity contribution in [3.05, 3.63) is 24.5 Å². The molecule has 2 aliphatic rings. The van der Waals surface area contributed by atoms with Gasteiger partial charge in [0, 0.05) is 24.0 Å². The molecule has 1 aliphatic carbocycles. The number of aromatic nitrogens is 2. The van der Waals surface area contributed by atoms with Crippen LogP contribution in [0.4, 0.5) is 0 Å². The lowest BCUT2D eigenvalue weighted by molar-refractivity contribution is 0.111. The number of benzene rings is 1. The molecule has 6 nitrogen and oxygen atoms in total. The summed E-state index contributed by atoms with van der Waals surface area (Å²) in [6.07, 6.45) is 7.27. The Hall–Kier alpha value is -2.21. The maximum absolute atomic E-state index is 9.71. The number of methoxy groups -OCH3 is 1. The molecule has 1 N–H and O–H groups in total. The summed E-state index contributed by atoms with van der Waals surface area (Å²) in [7, 11) is 1.62. The van der Waals surface area contributed by atoms with Gasteiger partial charge in [-0.1, -0.05) is 0 Å². The highest BCUT2D eigenvalue weighted by atomic mass is 16.7. The van der Waals surface area contributed by atoms with Crippen molar-refractivity contribution in [3.63, 3.8) is 0 Å². The topological polar surface area (TPSA) is 65.7 Å². The van der Waals surface area contributed by atoms with Gasteiger partial charge in [0.05, 0.1) is 13.2 Å². The van der Waals surface area contributed by atoms with Crippen LogP contribution < -0.4 is 14.2 Å². The number of ether oxygens (including phenoxy) is 3. The number of aliphatic hydroxyl groups is 1. The zero-order valence-corrected chi connectivity index (χ0v) is 13.1. The molecule has 122 valence electrons. The van der Waals surface area contributed by atoms with E-state index in [1.165, 1.54) is 0 Å². The lowest BCUT2D eigenvalue weighted by Gasteiger charge is -2.27. The fourth-order valence-corrected chi connectivity index (χ4v) is 3.43. The van der Waals surface area contributed by atoms with Crippen molar-refractivity contribution < 1.29 is 19.3 Å². The van der Waals surface area contributed by atoms with Crippen LogP contribution in [-0.4, -0.2) is 34.7 Å². The fourth-order valence-electron chi connectivity index (χ4n) is 3.43. The summed E-state index contributed by atoms with van der Waals surface area (Å²) in [5.74, 6) is 2.88. The highest BCUT2D eigenvalue weighted by Crippen LogP contribution is 2.44. The van der Waals surface area contributed by atoms with E-state index in [0.717, 1.165) is 37.1 Å². The molecule has 0 saturated heterocycles. The normalized spacial score (nSPS) is 23.0. The third kappa shape index (κ3) is 2.53. The van der Waals surface area contributed by atoms with Crippen molar-refractivity contribution in [3.8, 4) is 28.6 Å². The van der Waals surface area contributed by atoms with E-state index in [2.05, 4.69) is 9.55 Å². The van der Waals surface area contributed by atoms with E-state index < -0.39 is 0 Å². The minimum atomic E-state index is -0.163. The predicted molar refractivity (Wildman–Crippen MR) is 83.8 cm³/mol.